The molecule has 4 heteroatoms. The Kier molecular flexibility index (Phi) is 5.08. The minimum Gasteiger partial charge on any atom is -0.350 e. The van der Waals surface area contributed by atoms with Gasteiger partial charge in [0.1, 0.15) is 0 Å². The van der Waals surface area contributed by atoms with Crippen LogP contribution in [0, 0.1) is 6.92 Å². The summed E-state index contributed by atoms with van der Waals surface area (Å²) in [4.78, 5) is 9.21. The quantitative estimate of drug-likeness (QED) is 0.904. The second kappa shape index (κ2) is 6.60. The topological polar surface area (TPSA) is 37.8 Å². The van der Waals surface area contributed by atoms with Crippen molar-refractivity contribution in [3.63, 3.8) is 0 Å². The number of anilines is 1. The van der Waals surface area contributed by atoms with Gasteiger partial charge < -0.3 is 5.32 Å². The van der Waals surface area contributed by atoms with Crippen LogP contribution in [0.5, 0.6) is 0 Å². The Morgan fingerprint density at radius 1 is 1.26 bits per heavy atom. The first-order valence-corrected chi connectivity index (χ1v) is 8.54. The third-order valence-corrected chi connectivity index (χ3v) is 4.96. The van der Waals surface area contributed by atoms with Crippen molar-refractivity contribution in [1.82, 2.24) is 9.97 Å². The third-order valence-electron chi connectivity index (χ3n) is 3.79. The molecule has 0 aromatic carbocycles. The minimum atomic E-state index is 0.449. The normalized spacial score (nSPS) is 23.6. The van der Waals surface area contributed by atoms with Crippen LogP contribution in [0.15, 0.2) is 6.07 Å². The lowest BCUT2D eigenvalue weighted by atomic mass is 9.95. The van der Waals surface area contributed by atoms with E-state index in [1.165, 1.54) is 25.7 Å². The highest BCUT2D eigenvalue weighted by Gasteiger charge is 2.25. The molecule has 2 unspecified atom stereocenters. The van der Waals surface area contributed by atoms with Crippen LogP contribution in [-0.4, -0.2) is 27.5 Å². The molecule has 106 valence electrons. The molecule has 2 atom stereocenters. The molecule has 1 aliphatic rings. The van der Waals surface area contributed by atoms with Gasteiger partial charge in [0.05, 0.1) is 0 Å². The fraction of sp³-hybridized carbons (Fsp3) is 0.733. The molecule has 19 heavy (non-hydrogen) atoms. The van der Waals surface area contributed by atoms with E-state index in [0.29, 0.717) is 17.2 Å². The van der Waals surface area contributed by atoms with Crippen LogP contribution in [0.1, 0.15) is 56.8 Å². The number of thioether (sulfide) groups is 1. The summed E-state index contributed by atoms with van der Waals surface area (Å²) in [5.41, 5.74) is 2.18. The summed E-state index contributed by atoms with van der Waals surface area (Å²) >= 11 is 1.97. The van der Waals surface area contributed by atoms with Gasteiger partial charge in [-0.2, -0.15) is 11.8 Å². The first-order chi connectivity index (χ1) is 9.10. The van der Waals surface area contributed by atoms with Gasteiger partial charge in [0.25, 0.3) is 0 Å². The van der Waals surface area contributed by atoms with E-state index in [2.05, 4.69) is 41.5 Å². The number of hydrogen-bond acceptors (Lipinski definition) is 4. The third kappa shape index (κ3) is 3.85. The zero-order valence-electron chi connectivity index (χ0n) is 12.4. The zero-order chi connectivity index (χ0) is 13.8. The Hall–Kier alpha value is -0.770. The van der Waals surface area contributed by atoms with Crippen molar-refractivity contribution in [2.45, 2.75) is 63.7 Å². The van der Waals surface area contributed by atoms with Crippen LogP contribution < -0.4 is 5.32 Å². The number of aromatic nitrogens is 2. The van der Waals surface area contributed by atoms with E-state index in [1.807, 2.05) is 18.7 Å². The Morgan fingerprint density at radius 2 is 2.00 bits per heavy atom. The summed E-state index contributed by atoms with van der Waals surface area (Å²) < 4.78 is 0. The highest BCUT2D eigenvalue weighted by Crippen LogP contribution is 2.29. The Labute approximate surface area is 121 Å². The number of rotatable bonds is 4. The molecule has 1 aromatic rings. The van der Waals surface area contributed by atoms with E-state index in [9.17, 15) is 0 Å². The average Bonchev–Trinajstić information content (AvgIpc) is 2.38. The number of hydrogen-bond donors (Lipinski definition) is 1. The lowest BCUT2D eigenvalue weighted by molar-refractivity contribution is 0.473. The van der Waals surface area contributed by atoms with Gasteiger partial charge in [0.2, 0.25) is 5.95 Å². The molecule has 0 saturated heterocycles. The first kappa shape index (κ1) is 14.6. The largest absolute Gasteiger partial charge is 0.350 e. The summed E-state index contributed by atoms with van der Waals surface area (Å²) in [6.45, 7) is 6.40. The summed E-state index contributed by atoms with van der Waals surface area (Å²) in [7, 11) is 0. The van der Waals surface area contributed by atoms with Crippen LogP contribution in [0.3, 0.4) is 0 Å². The SMILES string of the molecule is CSC1CCCCC1Nc1nc(C)cc(C(C)C)n1. The fourth-order valence-corrected chi connectivity index (χ4v) is 3.60. The molecular weight excluding hydrogens is 254 g/mol. The molecule has 1 aromatic heterocycles. The average molecular weight is 279 g/mol. The van der Waals surface area contributed by atoms with E-state index in [1.54, 1.807) is 0 Å². The smallest absolute Gasteiger partial charge is 0.223 e. The zero-order valence-corrected chi connectivity index (χ0v) is 13.3. The van der Waals surface area contributed by atoms with Crippen LogP contribution in [0.2, 0.25) is 0 Å². The van der Waals surface area contributed by atoms with Crippen molar-refractivity contribution in [2.75, 3.05) is 11.6 Å². The Balaban J connectivity index is 2.13. The summed E-state index contributed by atoms with van der Waals surface area (Å²) in [5, 5.41) is 4.27. The summed E-state index contributed by atoms with van der Waals surface area (Å²) in [6, 6.07) is 2.61. The van der Waals surface area contributed by atoms with Crippen molar-refractivity contribution >= 4 is 17.7 Å². The van der Waals surface area contributed by atoms with Gasteiger partial charge in [-0.25, -0.2) is 9.97 Å². The van der Waals surface area contributed by atoms with Gasteiger partial charge in [0.15, 0.2) is 0 Å². The van der Waals surface area contributed by atoms with Gasteiger partial charge in [0, 0.05) is 22.7 Å². The van der Waals surface area contributed by atoms with E-state index in [4.69, 9.17) is 0 Å². The highest BCUT2D eigenvalue weighted by molar-refractivity contribution is 7.99. The van der Waals surface area contributed by atoms with Gasteiger partial charge in [-0.05, 0) is 38.0 Å². The molecule has 0 amide bonds. The maximum atomic E-state index is 4.66. The van der Waals surface area contributed by atoms with Crippen molar-refractivity contribution < 1.29 is 0 Å². The van der Waals surface area contributed by atoms with Crippen molar-refractivity contribution in [1.29, 1.82) is 0 Å². The van der Waals surface area contributed by atoms with Gasteiger partial charge in [-0.3, -0.25) is 0 Å². The molecule has 0 bridgehead atoms. The van der Waals surface area contributed by atoms with E-state index in [0.717, 1.165) is 17.3 Å². The van der Waals surface area contributed by atoms with Crippen molar-refractivity contribution in [2.24, 2.45) is 0 Å². The molecule has 1 fully saturated rings. The number of nitrogens with zero attached hydrogens (tertiary/aromatic N) is 2. The maximum absolute atomic E-state index is 4.66. The monoisotopic (exact) mass is 279 g/mol. The molecule has 1 saturated carbocycles. The molecule has 1 N–H and O–H groups in total. The van der Waals surface area contributed by atoms with Gasteiger partial charge >= 0.3 is 0 Å². The molecule has 1 heterocycles. The Bertz CT molecular complexity index is 420. The van der Waals surface area contributed by atoms with Crippen LogP contribution >= 0.6 is 11.8 Å². The van der Waals surface area contributed by atoms with E-state index in [-0.39, 0.29) is 0 Å². The molecular formula is C15H25N3S. The van der Waals surface area contributed by atoms with Crippen LogP contribution in [0.4, 0.5) is 5.95 Å². The Morgan fingerprint density at radius 3 is 2.68 bits per heavy atom. The second-order valence-electron chi connectivity index (χ2n) is 5.72. The fourth-order valence-electron chi connectivity index (χ4n) is 2.66. The van der Waals surface area contributed by atoms with Crippen molar-refractivity contribution in [3.05, 3.63) is 17.5 Å². The molecule has 0 radical (unpaired) electrons. The van der Waals surface area contributed by atoms with E-state index >= 15 is 0 Å². The summed E-state index contributed by atoms with van der Waals surface area (Å²) in [6.07, 6.45) is 7.43. The number of aryl methyl sites for hydroxylation is 1. The molecule has 1 aliphatic carbocycles. The molecule has 2 rings (SSSR count). The minimum absolute atomic E-state index is 0.449. The molecule has 3 nitrogen and oxygen atoms in total. The maximum Gasteiger partial charge on any atom is 0.223 e. The molecule has 0 aliphatic heterocycles. The number of nitrogens with one attached hydrogen (secondary N) is 1. The van der Waals surface area contributed by atoms with Gasteiger partial charge in [-0.15, -0.1) is 0 Å². The lowest BCUT2D eigenvalue weighted by Crippen LogP contribution is -2.35. The van der Waals surface area contributed by atoms with Gasteiger partial charge in [-0.1, -0.05) is 26.7 Å². The predicted molar refractivity (Wildman–Crippen MR) is 84.0 cm³/mol. The van der Waals surface area contributed by atoms with Crippen molar-refractivity contribution in [3.8, 4) is 0 Å². The van der Waals surface area contributed by atoms with Crippen LogP contribution in [-0.2, 0) is 0 Å². The lowest BCUT2D eigenvalue weighted by Gasteiger charge is -2.31. The highest BCUT2D eigenvalue weighted by atomic mass is 32.2. The van der Waals surface area contributed by atoms with E-state index < -0.39 is 0 Å². The standard InChI is InChI=1S/C15H25N3S/c1-10(2)13-9-11(3)16-15(18-13)17-12-7-5-6-8-14(12)19-4/h9-10,12,14H,5-8H2,1-4H3,(H,16,17,18). The van der Waals surface area contributed by atoms with Crippen LogP contribution in [0.25, 0.3) is 0 Å². The molecule has 0 spiro atoms. The first-order valence-electron chi connectivity index (χ1n) is 7.25. The summed E-state index contributed by atoms with van der Waals surface area (Å²) in [5.74, 6) is 1.26. The predicted octanol–water partition coefficient (Wildman–Crippen LogP) is 3.99. The second-order valence-corrected chi connectivity index (χ2v) is 6.80.